The lowest BCUT2D eigenvalue weighted by molar-refractivity contribution is 0.0247. The highest BCUT2D eigenvalue weighted by molar-refractivity contribution is 6.03. The van der Waals surface area contributed by atoms with Gasteiger partial charge in [-0.2, -0.15) is 0 Å². The maximum Gasteiger partial charge on any atom is 0.258 e. The Balaban J connectivity index is 2.12. The van der Waals surface area contributed by atoms with Gasteiger partial charge in [0.25, 0.3) is 5.91 Å². The molecule has 0 saturated carbocycles. The molecule has 1 fully saturated rings. The molecule has 1 amide bonds. The molecule has 0 aromatic heterocycles. The van der Waals surface area contributed by atoms with Crippen molar-refractivity contribution in [3.63, 3.8) is 0 Å². The van der Waals surface area contributed by atoms with E-state index >= 15 is 0 Å². The molecule has 1 saturated heterocycles. The molecule has 1 aromatic carbocycles. The minimum absolute atomic E-state index is 0.0613. The number of ether oxygens (including phenoxy) is 1. The Morgan fingerprint density at radius 3 is 2.95 bits per heavy atom. The van der Waals surface area contributed by atoms with Crippen LogP contribution in [0.1, 0.15) is 23.2 Å². The summed E-state index contributed by atoms with van der Waals surface area (Å²) in [5, 5.41) is 19.6. The molecule has 0 radical (unpaired) electrons. The summed E-state index contributed by atoms with van der Waals surface area (Å²) in [5.41, 5.74) is 0.722. The number of aliphatic imine (C=N–C) groups is 1. The lowest BCUT2D eigenvalue weighted by Crippen LogP contribution is -2.41. The third kappa shape index (κ3) is 1.76. The van der Waals surface area contributed by atoms with E-state index in [9.17, 15) is 15.0 Å². The third-order valence-corrected chi connectivity index (χ3v) is 3.55. The number of methoxy groups -OCH3 is 1. The number of aromatic hydroxyl groups is 1. The van der Waals surface area contributed by atoms with E-state index < -0.39 is 6.23 Å². The summed E-state index contributed by atoms with van der Waals surface area (Å²) in [5.74, 6) is -0.135. The van der Waals surface area contributed by atoms with Crippen LogP contribution >= 0.6 is 0 Å². The third-order valence-electron chi connectivity index (χ3n) is 3.55. The Hall–Kier alpha value is -2.08. The average Bonchev–Trinajstić information content (AvgIpc) is 2.70. The molecule has 2 aliphatic heterocycles. The molecule has 6 nitrogen and oxygen atoms in total. The minimum Gasteiger partial charge on any atom is -0.504 e. The number of hydrogen-bond acceptors (Lipinski definition) is 5. The molecule has 0 spiro atoms. The van der Waals surface area contributed by atoms with Crippen LogP contribution in [0.3, 0.4) is 0 Å². The molecule has 2 heterocycles. The fraction of sp³-hybridized carbons (Fsp3) is 0.385. The molecule has 6 heteroatoms. The van der Waals surface area contributed by atoms with E-state index in [0.717, 1.165) is 0 Å². The Bertz CT molecular complexity index is 570. The van der Waals surface area contributed by atoms with E-state index in [-0.39, 0.29) is 23.4 Å². The van der Waals surface area contributed by atoms with E-state index in [1.165, 1.54) is 24.1 Å². The molecule has 0 aliphatic carbocycles. The van der Waals surface area contributed by atoms with Crippen molar-refractivity contribution in [2.24, 2.45) is 4.99 Å². The van der Waals surface area contributed by atoms with Gasteiger partial charge in [0.15, 0.2) is 11.5 Å². The number of phenols is 1. The number of carbonyl (C=O) groups excluding carboxylic acids is 1. The van der Waals surface area contributed by atoms with Crippen molar-refractivity contribution in [3.8, 4) is 11.5 Å². The van der Waals surface area contributed by atoms with Crippen molar-refractivity contribution in [1.82, 2.24) is 4.90 Å². The Labute approximate surface area is 109 Å². The van der Waals surface area contributed by atoms with Crippen molar-refractivity contribution in [1.29, 1.82) is 0 Å². The van der Waals surface area contributed by atoms with Crippen LogP contribution in [0.15, 0.2) is 17.1 Å². The summed E-state index contributed by atoms with van der Waals surface area (Å²) in [6, 6.07) is 2.66. The van der Waals surface area contributed by atoms with Gasteiger partial charge in [-0.05, 0) is 18.9 Å². The summed E-state index contributed by atoms with van der Waals surface area (Å²) in [6.45, 7) is 0. The predicted octanol–water partition coefficient (Wildman–Crippen LogP) is 1.04. The molecule has 1 aromatic rings. The molecular weight excluding hydrogens is 248 g/mol. The Kier molecular flexibility index (Phi) is 2.67. The summed E-state index contributed by atoms with van der Waals surface area (Å²) in [6.07, 6.45) is 2.10. The van der Waals surface area contributed by atoms with Crippen molar-refractivity contribution in [3.05, 3.63) is 17.7 Å². The zero-order chi connectivity index (χ0) is 13.6. The van der Waals surface area contributed by atoms with Crippen LogP contribution in [0.5, 0.6) is 11.5 Å². The zero-order valence-corrected chi connectivity index (χ0v) is 10.4. The van der Waals surface area contributed by atoms with Crippen molar-refractivity contribution >= 4 is 17.8 Å². The highest BCUT2D eigenvalue weighted by Crippen LogP contribution is 2.37. The average molecular weight is 262 g/mol. The normalized spacial score (nSPS) is 24.9. The summed E-state index contributed by atoms with van der Waals surface area (Å²) >= 11 is 0. The number of aliphatic hydroxyl groups excluding tert-OH is 1. The molecule has 100 valence electrons. The Morgan fingerprint density at radius 1 is 1.42 bits per heavy atom. The number of fused-ring (bicyclic) bond motifs is 2. The highest BCUT2D eigenvalue weighted by atomic mass is 16.5. The summed E-state index contributed by atoms with van der Waals surface area (Å²) in [7, 11) is 1.42. The summed E-state index contributed by atoms with van der Waals surface area (Å²) in [4.78, 5) is 18.1. The van der Waals surface area contributed by atoms with Crippen LogP contribution in [0.2, 0.25) is 0 Å². The van der Waals surface area contributed by atoms with E-state index in [0.29, 0.717) is 24.1 Å². The molecule has 19 heavy (non-hydrogen) atoms. The van der Waals surface area contributed by atoms with Gasteiger partial charge in [0.1, 0.15) is 6.23 Å². The first-order valence-corrected chi connectivity index (χ1v) is 6.07. The standard InChI is InChI=1S/C13H14N2O4/c1-19-11-4-8-9(5-10(11)16)14-6-7-2-3-12(17)15(7)13(8)18/h4-7,12,16-17H,2-3H2,1H3/t7?,12-/m1/s1. The van der Waals surface area contributed by atoms with Gasteiger partial charge in [0, 0.05) is 12.3 Å². The van der Waals surface area contributed by atoms with Gasteiger partial charge >= 0.3 is 0 Å². The predicted molar refractivity (Wildman–Crippen MR) is 68.0 cm³/mol. The first-order chi connectivity index (χ1) is 9.11. The first-order valence-electron chi connectivity index (χ1n) is 6.07. The number of aliphatic hydroxyl groups is 1. The van der Waals surface area contributed by atoms with Gasteiger partial charge in [-0.25, -0.2) is 0 Å². The SMILES string of the molecule is COc1cc2c(cc1O)N=CC1CC[C@@H](O)N1C2=O. The monoisotopic (exact) mass is 262 g/mol. The minimum atomic E-state index is -0.783. The van der Waals surface area contributed by atoms with Gasteiger partial charge in [-0.1, -0.05) is 0 Å². The van der Waals surface area contributed by atoms with Crippen molar-refractivity contribution in [2.45, 2.75) is 25.1 Å². The number of amides is 1. The van der Waals surface area contributed by atoms with Gasteiger partial charge < -0.3 is 19.8 Å². The topological polar surface area (TPSA) is 82.4 Å². The molecule has 1 unspecified atom stereocenters. The fourth-order valence-electron chi connectivity index (χ4n) is 2.56. The second kappa shape index (κ2) is 4.24. The molecule has 2 N–H and O–H groups in total. The number of rotatable bonds is 1. The number of hydrogen-bond donors (Lipinski definition) is 2. The van der Waals surface area contributed by atoms with Crippen LogP contribution in [-0.2, 0) is 0 Å². The maximum atomic E-state index is 12.5. The number of phenolic OH excluding ortho intramolecular Hbond substituents is 1. The highest BCUT2D eigenvalue weighted by Gasteiger charge is 2.38. The quantitative estimate of drug-likeness (QED) is 0.792. The lowest BCUT2D eigenvalue weighted by Gasteiger charge is -2.24. The molecule has 2 aliphatic rings. The zero-order valence-electron chi connectivity index (χ0n) is 10.4. The van der Waals surface area contributed by atoms with E-state index in [4.69, 9.17) is 4.74 Å². The first kappa shape index (κ1) is 12.0. The van der Waals surface area contributed by atoms with E-state index in [1.54, 1.807) is 6.21 Å². The van der Waals surface area contributed by atoms with Crippen LogP contribution in [0, 0.1) is 0 Å². The molecular formula is C13H14N2O4. The second-order valence-corrected chi connectivity index (χ2v) is 4.66. The fourth-order valence-corrected chi connectivity index (χ4v) is 2.56. The number of benzene rings is 1. The van der Waals surface area contributed by atoms with Crippen LogP contribution in [0.4, 0.5) is 5.69 Å². The molecule has 2 atom stereocenters. The largest absolute Gasteiger partial charge is 0.504 e. The van der Waals surface area contributed by atoms with E-state index in [1.807, 2.05) is 0 Å². The second-order valence-electron chi connectivity index (χ2n) is 4.66. The van der Waals surface area contributed by atoms with Crippen molar-refractivity contribution < 1.29 is 19.7 Å². The van der Waals surface area contributed by atoms with Gasteiger partial charge in [-0.3, -0.25) is 9.79 Å². The van der Waals surface area contributed by atoms with Gasteiger partial charge in [-0.15, -0.1) is 0 Å². The number of carbonyl (C=O) groups is 1. The smallest absolute Gasteiger partial charge is 0.258 e. The number of nitrogens with zero attached hydrogens (tertiary/aromatic N) is 2. The van der Waals surface area contributed by atoms with Gasteiger partial charge in [0.2, 0.25) is 0 Å². The Morgan fingerprint density at radius 2 is 2.21 bits per heavy atom. The van der Waals surface area contributed by atoms with Crippen molar-refractivity contribution in [2.75, 3.05) is 7.11 Å². The maximum absolute atomic E-state index is 12.5. The molecule has 3 rings (SSSR count). The van der Waals surface area contributed by atoms with Crippen LogP contribution in [-0.4, -0.2) is 46.6 Å². The van der Waals surface area contributed by atoms with E-state index in [2.05, 4.69) is 4.99 Å². The van der Waals surface area contributed by atoms with Gasteiger partial charge in [0.05, 0.1) is 24.4 Å². The van der Waals surface area contributed by atoms with Crippen LogP contribution in [0.25, 0.3) is 0 Å². The van der Waals surface area contributed by atoms with Crippen LogP contribution < -0.4 is 4.74 Å². The molecule has 0 bridgehead atoms. The summed E-state index contributed by atoms with van der Waals surface area (Å²) < 4.78 is 5.00. The lowest BCUT2D eigenvalue weighted by atomic mass is 10.1.